The summed E-state index contributed by atoms with van der Waals surface area (Å²) >= 11 is 13.3. The molecular weight excluding hydrogens is 379 g/mol. The molecule has 0 spiro atoms. The van der Waals surface area contributed by atoms with E-state index in [0.29, 0.717) is 20.6 Å². The Bertz CT molecular complexity index is 1040. The Hall–Kier alpha value is -1.82. The minimum absolute atomic E-state index is 0.187. The van der Waals surface area contributed by atoms with E-state index in [1.807, 2.05) is 11.6 Å². The molecule has 0 fully saturated rings. The average molecular weight is 395 g/mol. The van der Waals surface area contributed by atoms with Crippen molar-refractivity contribution in [3.05, 3.63) is 56.3 Å². The van der Waals surface area contributed by atoms with Crippen molar-refractivity contribution in [2.24, 2.45) is 12.0 Å². The molecule has 130 valence electrons. The molecule has 1 aromatic heterocycles. The van der Waals surface area contributed by atoms with Crippen LogP contribution in [-0.4, -0.2) is 17.1 Å². The number of benzene rings is 2. The van der Waals surface area contributed by atoms with Crippen LogP contribution in [0, 0.1) is 13.8 Å². The lowest BCUT2D eigenvalue weighted by Gasteiger charge is -2.05. The first-order valence-corrected chi connectivity index (χ1v) is 9.14. The summed E-state index contributed by atoms with van der Waals surface area (Å²) in [6, 6.07) is 9.07. The van der Waals surface area contributed by atoms with Crippen LogP contribution in [0.25, 0.3) is 10.2 Å². The van der Waals surface area contributed by atoms with Gasteiger partial charge in [0, 0.05) is 12.1 Å². The van der Waals surface area contributed by atoms with Crippen molar-refractivity contribution < 1.29 is 9.53 Å². The molecule has 4 nitrogen and oxygen atoms in total. The molecule has 2 aromatic carbocycles. The zero-order valence-electron chi connectivity index (χ0n) is 14.0. The molecule has 0 N–H and O–H groups in total. The minimum Gasteiger partial charge on any atom is -0.482 e. The average Bonchev–Trinajstić information content (AvgIpc) is 2.83. The molecule has 0 aliphatic heterocycles. The molecule has 1 amide bonds. The highest BCUT2D eigenvalue weighted by Gasteiger charge is 2.09. The maximum absolute atomic E-state index is 12.2. The molecule has 0 atom stereocenters. The van der Waals surface area contributed by atoms with E-state index in [9.17, 15) is 4.79 Å². The van der Waals surface area contributed by atoms with E-state index in [1.165, 1.54) is 22.5 Å². The van der Waals surface area contributed by atoms with E-state index in [-0.39, 0.29) is 12.5 Å². The zero-order valence-corrected chi connectivity index (χ0v) is 16.3. The lowest BCUT2D eigenvalue weighted by atomic mass is 10.1. The normalized spacial score (nSPS) is 12.0. The maximum atomic E-state index is 12.2. The van der Waals surface area contributed by atoms with Crippen molar-refractivity contribution >= 4 is 50.7 Å². The predicted molar refractivity (Wildman–Crippen MR) is 103 cm³/mol. The summed E-state index contributed by atoms with van der Waals surface area (Å²) in [5, 5.41) is 0.870. The summed E-state index contributed by atoms with van der Waals surface area (Å²) in [4.78, 5) is 17.0. The molecule has 25 heavy (non-hydrogen) atoms. The van der Waals surface area contributed by atoms with Crippen LogP contribution in [0.4, 0.5) is 0 Å². The van der Waals surface area contributed by atoms with E-state index >= 15 is 0 Å². The first-order chi connectivity index (χ1) is 11.8. The van der Waals surface area contributed by atoms with Gasteiger partial charge in [0.2, 0.25) is 0 Å². The Morgan fingerprint density at radius 1 is 1.20 bits per heavy atom. The Morgan fingerprint density at radius 2 is 1.92 bits per heavy atom. The summed E-state index contributed by atoms with van der Waals surface area (Å²) in [6.45, 7) is 3.95. The number of aromatic nitrogens is 1. The second-order valence-corrected chi connectivity index (χ2v) is 7.57. The number of hydrogen-bond donors (Lipinski definition) is 0. The quantitative estimate of drug-likeness (QED) is 0.647. The number of hydrogen-bond acceptors (Lipinski definition) is 3. The number of fused-ring (bicyclic) bond motifs is 1. The maximum Gasteiger partial charge on any atom is 0.286 e. The fourth-order valence-electron chi connectivity index (χ4n) is 2.36. The van der Waals surface area contributed by atoms with Gasteiger partial charge < -0.3 is 9.30 Å². The number of amides is 1. The molecular formula is C18H16Cl2N2O2S. The van der Waals surface area contributed by atoms with E-state index in [0.717, 1.165) is 10.2 Å². The van der Waals surface area contributed by atoms with Gasteiger partial charge >= 0.3 is 0 Å². The van der Waals surface area contributed by atoms with E-state index in [2.05, 4.69) is 31.0 Å². The van der Waals surface area contributed by atoms with Gasteiger partial charge in [0.15, 0.2) is 11.4 Å². The monoisotopic (exact) mass is 394 g/mol. The Labute approximate surface area is 159 Å². The number of rotatable bonds is 3. The Morgan fingerprint density at radius 3 is 2.64 bits per heavy atom. The molecule has 3 rings (SSSR count). The van der Waals surface area contributed by atoms with E-state index in [1.54, 1.807) is 18.2 Å². The topological polar surface area (TPSA) is 43.6 Å². The number of carbonyl (C=O) groups is 1. The SMILES string of the molecule is Cc1cc2sc(=NC(=O)COc3ccc(Cl)cc3Cl)n(C)c2cc1C. The van der Waals surface area contributed by atoms with Crippen molar-refractivity contribution in [3.8, 4) is 5.75 Å². The Balaban J connectivity index is 1.83. The summed E-state index contributed by atoms with van der Waals surface area (Å²) < 4.78 is 8.45. The van der Waals surface area contributed by atoms with Crippen molar-refractivity contribution in [2.45, 2.75) is 13.8 Å². The summed E-state index contributed by atoms with van der Waals surface area (Å²) in [7, 11) is 1.90. The molecule has 1 heterocycles. The van der Waals surface area contributed by atoms with Gasteiger partial charge in [0.1, 0.15) is 5.75 Å². The van der Waals surface area contributed by atoms with Gasteiger partial charge in [-0.1, -0.05) is 34.5 Å². The zero-order chi connectivity index (χ0) is 18.1. The summed E-state index contributed by atoms with van der Waals surface area (Å²) in [6.07, 6.45) is 0. The highest BCUT2D eigenvalue weighted by Crippen LogP contribution is 2.27. The van der Waals surface area contributed by atoms with Crippen LogP contribution in [0.15, 0.2) is 35.3 Å². The molecule has 0 aliphatic rings. The number of nitrogens with zero attached hydrogens (tertiary/aromatic N) is 2. The van der Waals surface area contributed by atoms with Gasteiger partial charge in [-0.15, -0.1) is 0 Å². The first kappa shape index (κ1) is 18.0. The minimum atomic E-state index is -0.374. The molecule has 0 saturated heterocycles. The number of thiazole rings is 1. The molecule has 0 saturated carbocycles. The van der Waals surface area contributed by atoms with Gasteiger partial charge in [0.05, 0.1) is 15.2 Å². The fourth-order valence-corrected chi connectivity index (χ4v) is 3.94. The third kappa shape index (κ3) is 3.89. The molecule has 0 unspecified atom stereocenters. The van der Waals surface area contributed by atoms with Crippen LogP contribution in [0.1, 0.15) is 11.1 Å². The number of carbonyl (C=O) groups excluding carboxylic acids is 1. The highest BCUT2D eigenvalue weighted by molar-refractivity contribution is 7.16. The standard InChI is InChI=1S/C18H16Cl2N2O2S/c1-10-6-14-16(7-11(10)2)25-18(22(14)3)21-17(23)9-24-15-5-4-12(19)8-13(15)20/h4-8H,9H2,1-3H3. The van der Waals surface area contributed by atoms with Gasteiger partial charge in [-0.2, -0.15) is 4.99 Å². The summed E-state index contributed by atoms with van der Waals surface area (Å²) in [5.41, 5.74) is 3.48. The molecule has 7 heteroatoms. The van der Waals surface area contributed by atoms with Gasteiger partial charge in [-0.3, -0.25) is 4.79 Å². The number of aryl methyl sites for hydroxylation is 3. The van der Waals surface area contributed by atoms with Gasteiger partial charge in [-0.25, -0.2) is 0 Å². The smallest absolute Gasteiger partial charge is 0.286 e. The van der Waals surface area contributed by atoms with Crippen molar-refractivity contribution in [1.29, 1.82) is 0 Å². The molecule has 0 radical (unpaired) electrons. The lowest BCUT2D eigenvalue weighted by Crippen LogP contribution is -2.17. The molecule has 0 bridgehead atoms. The first-order valence-electron chi connectivity index (χ1n) is 7.57. The largest absolute Gasteiger partial charge is 0.482 e. The highest BCUT2D eigenvalue weighted by atomic mass is 35.5. The second-order valence-electron chi connectivity index (χ2n) is 5.72. The Kier molecular flexibility index (Phi) is 5.18. The molecule has 0 aliphatic carbocycles. The number of halogens is 2. The van der Waals surface area contributed by atoms with Crippen LogP contribution in [0.3, 0.4) is 0 Å². The van der Waals surface area contributed by atoms with Gasteiger partial charge in [0.25, 0.3) is 5.91 Å². The van der Waals surface area contributed by atoms with Crippen LogP contribution in [0.5, 0.6) is 5.75 Å². The predicted octanol–water partition coefficient (Wildman–Crippen LogP) is 4.67. The third-order valence-corrected chi connectivity index (χ3v) is 5.52. The van der Waals surface area contributed by atoms with Crippen LogP contribution in [0.2, 0.25) is 10.0 Å². The number of ether oxygens (including phenoxy) is 1. The van der Waals surface area contributed by atoms with Gasteiger partial charge in [-0.05, 0) is 55.3 Å². The lowest BCUT2D eigenvalue weighted by molar-refractivity contribution is -0.120. The molecule has 3 aromatic rings. The van der Waals surface area contributed by atoms with Crippen molar-refractivity contribution in [2.75, 3.05) is 6.61 Å². The van der Waals surface area contributed by atoms with Crippen molar-refractivity contribution in [3.63, 3.8) is 0 Å². The van der Waals surface area contributed by atoms with Crippen LogP contribution < -0.4 is 9.54 Å². The van der Waals surface area contributed by atoms with E-state index < -0.39 is 0 Å². The third-order valence-electron chi connectivity index (χ3n) is 3.89. The summed E-state index contributed by atoms with van der Waals surface area (Å²) in [5.74, 6) is 0.0307. The van der Waals surface area contributed by atoms with Crippen molar-refractivity contribution in [1.82, 2.24) is 4.57 Å². The van der Waals surface area contributed by atoms with E-state index in [4.69, 9.17) is 27.9 Å². The van der Waals surface area contributed by atoms with Crippen LogP contribution in [-0.2, 0) is 11.8 Å². The fraction of sp³-hybridized carbons (Fsp3) is 0.222. The second kappa shape index (κ2) is 7.20. The van der Waals surface area contributed by atoms with Crippen LogP contribution >= 0.6 is 34.5 Å².